The highest BCUT2D eigenvalue weighted by atomic mass is 19.3. The quantitative estimate of drug-likeness (QED) is 0.313. The fraction of sp³-hybridized carbons (Fsp3) is 0.308. The summed E-state index contributed by atoms with van der Waals surface area (Å²) in [6, 6.07) is 3.35. The van der Waals surface area contributed by atoms with Crippen molar-refractivity contribution in [2.75, 3.05) is 5.32 Å². The van der Waals surface area contributed by atoms with Gasteiger partial charge in [-0.3, -0.25) is 23.7 Å². The highest BCUT2D eigenvalue weighted by Crippen LogP contribution is 2.31. The van der Waals surface area contributed by atoms with Gasteiger partial charge in [0.25, 0.3) is 11.5 Å². The number of anilines is 1. The topological polar surface area (TPSA) is 156 Å². The molecular formula is C26H25F2N9O4. The third-order valence-corrected chi connectivity index (χ3v) is 6.58. The Morgan fingerprint density at radius 2 is 1.93 bits per heavy atom. The first-order valence-electron chi connectivity index (χ1n) is 12.4. The average Bonchev–Trinajstić information content (AvgIpc) is 3.55. The van der Waals surface area contributed by atoms with Gasteiger partial charge in [0.05, 0.1) is 12.9 Å². The van der Waals surface area contributed by atoms with Crippen molar-refractivity contribution in [2.24, 2.45) is 7.05 Å². The third kappa shape index (κ3) is 5.13. The molecule has 0 radical (unpaired) electrons. The molecule has 1 N–H and O–H groups in total. The van der Waals surface area contributed by atoms with Crippen molar-refractivity contribution in [3.05, 3.63) is 80.5 Å². The smallest absolute Gasteiger partial charge is 0.332 e. The van der Waals surface area contributed by atoms with Gasteiger partial charge in [0.2, 0.25) is 5.91 Å². The second kappa shape index (κ2) is 10.1. The molecule has 5 aromatic heterocycles. The first-order chi connectivity index (χ1) is 19.3. The van der Waals surface area contributed by atoms with Crippen molar-refractivity contribution in [2.45, 2.75) is 46.2 Å². The SMILES string of the molecule is Cc1cc(Cn2c(=O)c3c(ncn3[C@@H](C)C(=O)Nc3ccnc(-c4cnc(C)c(C(C)(F)F)c4)n3)n(C)c2=O)no1. The fourth-order valence-electron chi connectivity index (χ4n) is 4.40. The Hall–Kier alpha value is -5.08. The molecule has 1 atom stereocenters. The molecule has 15 heteroatoms. The molecule has 5 aromatic rings. The highest BCUT2D eigenvalue weighted by Gasteiger charge is 2.28. The molecule has 13 nitrogen and oxygen atoms in total. The minimum absolute atomic E-state index is 0.0390. The molecule has 0 saturated carbocycles. The van der Waals surface area contributed by atoms with Crippen LogP contribution in [0.5, 0.6) is 0 Å². The number of pyridine rings is 1. The van der Waals surface area contributed by atoms with Crippen LogP contribution in [-0.4, -0.2) is 44.7 Å². The van der Waals surface area contributed by atoms with Crippen molar-refractivity contribution in [1.82, 2.24) is 38.8 Å². The lowest BCUT2D eigenvalue weighted by atomic mass is 10.1. The van der Waals surface area contributed by atoms with E-state index in [1.807, 2.05) is 0 Å². The largest absolute Gasteiger partial charge is 0.361 e. The first-order valence-corrected chi connectivity index (χ1v) is 12.4. The van der Waals surface area contributed by atoms with Gasteiger partial charge in [0.15, 0.2) is 17.0 Å². The van der Waals surface area contributed by atoms with Gasteiger partial charge < -0.3 is 14.4 Å². The number of hydrogen-bond acceptors (Lipinski definition) is 9. The zero-order chi connectivity index (χ0) is 29.6. The number of halogens is 2. The lowest BCUT2D eigenvalue weighted by Gasteiger charge is -2.16. The van der Waals surface area contributed by atoms with Crippen molar-refractivity contribution < 1.29 is 18.1 Å². The molecular weight excluding hydrogens is 540 g/mol. The zero-order valence-corrected chi connectivity index (χ0v) is 22.7. The third-order valence-electron chi connectivity index (χ3n) is 6.58. The molecule has 0 fully saturated rings. The number of nitrogens with one attached hydrogen (secondary N) is 1. The van der Waals surface area contributed by atoms with E-state index in [0.29, 0.717) is 11.5 Å². The fourth-order valence-corrected chi connectivity index (χ4v) is 4.40. The van der Waals surface area contributed by atoms with E-state index >= 15 is 0 Å². The molecule has 0 aliphatic rings. The monoisotopic (exact) mass is 565 g/mol. The molecule has 5 rings (SSSR count). The van der Waals surface area contributed by atoms with Gasteiger partial charge in [-0.1, -0.05) is 5.16 Å². The maximum Gasteiger partial charge on any atom is 0.332 e. The summed E-state index contributed by atoms with van der Waals surface area (Å²) in [6.07, 6.45) is 4.05. The van der Waals surface area contributed by atoms with Crippen LogP contribution in [0.15, 0.2) is 51.0 Å². The number of rotatable bonds is 7. The summed E-state index contributed by atoms with van der Waals surface area (Å²) in [4.78, 5) is 56.2. The van der Waals surface area contributed by atoms with Crippen molar-refractivity contribution in [3.63, 3.8) is 0 Å². The molecule has 0 unspecified atom stereocenters. The second-order valence-electron chi connectivity index (χ2n) is 9.66. The van der Waals surface area contributed by atoms with Gasteiger partial charge in [0.1, 0.15) is 23.3 Å². The van der Waals surface area contributed by atoms with Crippen molar-refractivity contribution in [1.29, 1.82) is 0 Å². The number of fused-ring (bicyclic) bond motifs is 1. The van der Waals surface area contributed by atoms with E-state index in [1.165, 1.54) is 54.0 Å². The van der Waals surface area contributed by atoms with Gasteiger partial charge in [0, 0.05) is 49.3 Å². The number of carbonyl (C=O) groups excluding carboxylic acids is 1. The molecule has 5 heterocycles. The van der Waals surface area contributed by atoms with E-state index in [-0.39, 0.29) is 46.2 Å². The maximum atomic E-state index is 14.0. The van der Waals surface area contributed by atoms with E-state index in [2.05, 4.69) is 30.4 Å². The first kappa shape index (κ1) is 27.5. The normalized spacial score (nSPS) is 12.6. The van der Waals surface area contributed by atoms with Crippen LogP contribution in [0.4, 0.5) is 14.6 Å². The number of carbonyl (C=O) groups is 1. The summed E-state index contributed by atoms with van der Waals surface area (Å²) in [5.41, 5.74) is -0.554. The van der Waals surface area contributed by atoms with Crippen LogP contribution in [0, 0.1) is 13.8 Å². The van der Waals surface area contributed by atoms with Crippen molar-refractivity contribution >= 4 is 22.9 Å². The lowest BCUT2D eigenvalue weighted by Crippen LogP contribution is -2.40. The maximum absolute atomic E-state index is 14.0. The Kier molecular flexibility index (Phi) is 6.80. The number of hydrogen-bond donors (Lipinski definition) is 1. The Morgan fingerprint density at radius 1 is 1.17 bits per heavy atom. The van der Waals surface area contributed by atoms with Gasteiger partial charge in [-0.2, -0.15) is 0 Å². The van der Waals surface area contributed by atoms with Gasteiger partial charge in [-0.05, 0) is 32.9 Å². The average molecular weight is 566 g/mol. The lowest BCUT2D eigenvalue weighted by molar-refractivity contribution is -0.118. The van der Waals surface area contributed by atoms with Crippen LogP contribution in [0.1, 0.15) is 42.6 Å². The summed E-state index contributed by atoms with van der Waals surface area (Å²) in [5.74, 6) is -2.95. The number of nitrogens with zero attached hydrogens (tertiary/aromatic N) is 8. The standard InChI is InChI=1S/C26H25F2N9O4/c1-13-8-17(34-41-13)11-36-24(39)20-22(35(5)25(36)40)31-12-37(20)15(3)23(38)33-19-6-7-29-21(32-19)16-9-18(26(4,27)28)14(2)30-10-16/h6-10,12,15H,11H2,1-5H3,(H,29,32,33,38)/t15-/m0/s1. The zero-order valence-electron chi connectivity index (χ0n) is 22.7. The van der Waals surface area contributed by atoms with Crippen LogP contribution in [-0.2, 0) is 24.3 Å². The molecule has 41 heavy (non-hydrogen) atoms. The summed E-state index contributed by atoms with van der Waals surface area (Å²) in [7, 11) is 1.47. The van der Waals surface area contributed by atoms with E-state index in [9.17, 15) is 23.2 Å². The van der Waals surface area contributed by atoms with Crippen LogP contribution in [0.3, 0.4) is 0 Å². The van der Waals surface area contributed by atoms with Gasteiger partial charge in [-0.15, -0.1) is 0 Å². The minimum Gasteiger partial charge on any atom is -0.361 e. The Bertz CT molecular complexity index is 1920. The predicted octanol–water partition coefficient (Wildman–Crippen LogP) is 2.71. The number of imidazole rings is 1. The Labute approximate surface area is 230 Å². The van der Waals surface area contributed by atoms with Crippen LogP contribution >= 0.6 is 0 Å². The molecule has 1 amide bonds. The Balaban J connectivity index is 1.45. The Morgan fingerprint density at radius 3 is 2.61 bits per heavy atom. The molecule has 212 valence electrons. The summed E-state index contributed by atoms with van der Waals surface area (Å²) in [6.45, 7) is 5.37. The van der Waals surface area contributed by atoms with E-state index < -0.39 is 29.1 Å². The van der Waals surface area contributed by atoms with E-state index in [0.717, 1.165) is 11.5 Å². The summed E-state index contributed by atoms with van der Waals surface area (Å²) < 4.78 is 36.6. The number of aryl methyl sites for hydroxylation is 3. The number of amides is 1. The number of alkyl halides is 2. The highest BCUT2D eigenvalue weighted by molar-refractivity contribution is 5.93. The molecule has 0 aromatic carbocycles. The second-order valence-corrected chi connectivity index (χ2v) is 9.66. The molecule has 0 bridgehead atoms. The van der Waals surface area contributed by atoms with Gasteiger partial charge in [-0.25, -0.2) is 28.5 Å². The van der Waals surface area contributed by atoms with Crippen molar-refractivity contribution in [3.8, 4) is 11.4 Å². The molecule has 0 aliphatic carbocycles. The minimum atomic E-state index is -3.11. The molecule has 0 aliphatic heterocycles. The summed E-state index contributed by atoms with van der Waals surface area (Å²) >= 11 is 0. The van der Waals surface area contributed by atoms with Gasteiger partial charge >= 0.3 is 5.69 Å². The molecule has 0 spiro atoms. The van der Waals surface area contributed by atoms with Crippen LogP contribution in [0.2, 0.25) is 0 Å². The number of aromatic nitrogens is 8. The summed E-state index contributed by atoms with van der Waals surface area (Å²) in [5, 5.41) is 6.51. The van der Waals surface area contributed by atoms with E-state index in [4.69, 9.17) is 4.52 Å². The van der Waals surface area contributed by atoms with E-state index in [1.54, 1.807) is 19.9 Å². The van der Waals surface area contributed by atoms with Crippen LogP contribution < -0.4 is 16.6 Å². The van der Waals surface area contributed by atoms with Crippen LogP contribution in [0.25, 0.3) is 22.6 Å². The molecule has 0 saturated heterocycles. The predicted molar refractivity (Wildman–Crippen MR) is 142 cm³/mol.